The molecule has 0 saturated carbocycles. The molecule has 0 amide bonds. The molecular weight excluding hydrogens is 176 g/mol. The molecule has 0 aliphatic heterocycles. The number of hydrogen-bond donors (Lipinski definition) is 0. The smallest absolute Gasteiger partial charge is 0.512 e. The first-order chi connectivity index (χ1) is 1.00. The standard InChI is InChI=1S/CN.2Cu.Na/c1-2;;;/q-1;;+1;. The van der Waals surface area contributed by atoms with E-state index in [2.05, 4.69) is 0 Å². The van der Waals surface area contributed by atoms with Gasteiger partial charge in [-0.3, -0.25) is 0 Å². The fraction of sp³-hybridized carbons (Fsp3) is 0. The van der Waals surface area contributed by atoms with Crippen molar-refractivity contribution in [2.75, 3.05) is 0 Å². The van der Waals surface area contributed by atoms with Crippen LogP contribution in [0.15, 0.2) is 0 Å². The van der Waals surface area contributed by atoms with E-state index < -0.39 is 0 Å². The van der Waals surface area contributed by atoms with Crippen LogP contribution in [0.1, 0.15) is 0 Å². The van der Waals surface area contributed by atoms with Crippen LogP contribution < -0.4 is 0 Å². The van der Waals surface area contributed by atoms with Crippen LogP contribution in [0.5, 0.6) is 0 Å². The predicted molar refractivity (Wildman–Crippen MR) is 10.7 cm³/mol. The predicted octanol–water partition coefficient (Wildman–Crippen LogP) is -0.289. The van der Waals surface area contributed by atoms with Gasteiger partial charge in [0, 0.05) is 46.6 Å². The Morgan fingerprint density at radius 2 is 1.20 bits per heavy atom. The maximum Gasteiger partial charge on any atom is 1.00 e. The average molecular weight is 176 g/mol. The third-order valence-electron chi connectivity index (χ3n) is 0. The first-order valence-corrected chi connectivity index (χ1v) is 0.224. The molecule has 4 heteroatoms. The van der Waals surface area contributed by atoms with E-state index in [0.717, 1.165) is 0 Å². The Labute approximate surface area is 74.7 Å². The molecule has 0 spiro atoms. The fourth-order valence-corrected chi connectivity index (χ4v) is 0. The Morgan fingerprint density at radius 1 is 1.20 bits per heavy atom. The minimum Gasteiger partial charge on any atom is -0.512 e. The topological polar surface area (TPSA) is 23.8 Å². The quantitative estimate of drug-likeness (QED) is 0.367. The van der Waals surface area contributed by atoms with E-state index >= 15 is 0 Å². The first-order valence-electron chi connectivity index (χ1n) is 0.224. The molecule has 0 aromatic rings. The van der Waals surface area contributed by atoms with Gasteiger partial charge in [0.1, 0.15) is 0 Å². The molecule has 32 valence electrons. The van der Waals surface area contributed by atoms with E-state index in [1.807, 2.05) is 0 Å². The Morgan fingerprint density at radius 3 is 1.20 bits per heavy atom. The molecule has 0 aliphatic rings. The van der Waals surface area contributed by atoms with Gasteiger partial charge in [-0.1, -0.05) is 0 Å². The van der Waals surface area contributed by atoms with E-state index in [1.54, 1.807) is 0 Å². The van der Waals surface area contributed by atoms with Gasteiger partial charge in [0.25, 0.3) is 0 Å². The number of nitrogens with zero attached hydrogens (tertiary/aromatic N) is 1. The number of rotatable bonds is 0. The third-order valence-corrected chi connectivity index (χ3v) is 0. The SMILES string of the molecule is [C-]#N.[Cu+].[Cu].[Na]. The average Bonchev–Trinajstić information content (AvgIpc) is 1.00. The molecular formula is CCu2NNa. The maximum atomic E-state index is 6.25. The summed E-state index contributed by atoms with van der Waals surface area (Å²) in [6, 6.07) is 0. The second-order valence-electron chi connectivity index (χ2n) is 0. The zero-order chi connectivity index (χ0) is 2.00. The summed E-state index contributed by atoms with van der Waals surface area (Å²) in [6.45, 7) is 4.75. The van der Waals surface area contributed by atoms with Crippen molar-refractivity contribution in [3.05, 3.63) is 6.57 Å². The summed E-state index contributed by atoms with van der Waals surface area (Å²) in [6.07, 6.45) is 0. The molecule has 0 fully saturated rings. The van der Waals surface area contributed by atoms with Crippen molar-refractivity contribution in [1.29, 1.82) is 5.26 Å². The fourth-order valence-electron chi connectivity index (χ4n) is 0. The Kier molecular flexibility index (Phi) is 303. The van der Waals surface area contributed by atoms with Crippen molar-refractivity contribution in [3.8, 4) is 0 Å². The molecule has 0 bridgehead atoms. The summed E-state index contributed by atoms with van der Waals surface area (Å²) < 4.78 is 0. The second kappa shape index (κ2) is 48.5. The summed E-state index contributed by atoms with van der Waals surface area (Å²) in [5.41, 5.74) is 0. The van der Waals surface area contributed by atoms with Crippen LogP contribution in [0.2, 0.25) is 0 Å². The van der Waals surface area contributed by atoms with Gasteiger partial charge in [-0.05, 0) is 0 Å². The largest absolute Gasteiger partial charge is 1.00 e. The molecule has 0 aliphatic carbocycles. The summed E-state index contributed by atoms with van der Waals surface area (Å²) in [5, 5.41) is 6.25. The molecule has 0 heterocycles. The van der Waals surface area contributed by atoms with Crippen molar-refractivity contribution >= 4 is 29.6 Å². The molecule has 0 rings (SSSR count). The normalized spacial score (nSPS) is 0.400. The molecule has 0 saturated heterocycles. The van der Waals surface area contributed by atoms with E-state index in [-0.39, 0.29) is 63.7 Å². The second-order valence-corrected chi connectivity index (χ2v) is 0. The zero-order valence-corrected chi connectivity index (χ0v) is 6.43. The maximum absolute atomic E-state index is 6.25. The molecule has 5 heavy (non-hydrogen) atoms. The van der Waals surface area contributed by atoms with Crippen LogP contribution in [0.3, 0.4) is 0 Å². The molecule has 0 aromatic heterocycles. The molecule has 1 nitrogen and oxygen atoms in total. The zero-order valence-electron chi connectivity index (χ0n) is 2.55. The van der Waals surface area contributed by atoms with Gasteiger partial charge < -0.3 is 11.8 Å². The van der Waals surface area contributed by atoms with Crippen LogP contribution in [0.4, 0.5) is 0 Å². The van der Waals surface area contributed by atoms with Crippen LogP contribution in [0.25, 0.3) is 0 Å². The van der Waals surface area contributed by atoms with Crippen LogP contribution in [-0.2, 0) is 34.1 Å². The van der Waals surface area contributed by atoms with Gasteiger partial charge in [-0.15, -0.1) is 0 Å². The van der Waals surface area contributed by atoms with Crippen molar-refractivity contribution < 1.29 is 34.1 Å². The Bertz CT molecular complexity index is 14.4. The summed E-state index contributed by atoms with van der Waals surface area (Å²) in [7, 11) is 0. The van der Waals surface area contributed by atoms with E-state index in [0.29, 0.717) is 0 Å². The van der Waals surface area contributed by atoms with Gasteiger partial charge in [0.05, 0.1) is 0 Å². The molecule has 0 unspecified atom stereocenters. The Balaban J connectivity index is -0.00000000167. The van der Waals surface area contributed by atoms with Gasteiger partial charge in [0.2, 0.25) is 0 Å². The van der Waals surface area contributed by atoms with Gasteiger partial charge in [0.15, 0.2) is 0 Å². The van der Waals surface area contributed by atoms with Gasteiger partial charge in [-0.25, -0.2) is 0 Å². The van der Waals surface area contributed by atoms with E-state index in [1.165, 1.54) is 0 Å². The third kappa shape index (κ3) is 29.5. The molecule has 0 atom stereocenters. The Hall–Kier alpha value is 1.53. The van der Waals surface area contributed by atoms with Crippen molar-refractivity contribution in [3.63, 3.8) is 0 Å². The molecule has 0 N–H and O–H groups in total. The summed E-state index contributed by atoms with van der Waals surface area (Å²) in [5.74, 6) is 0. The van der Waals surface area contributed by atoms with E-state index in [9.17, 15) is 0 Å². The monoisotopic (exact) mass is 175 g/mol. The van der Waals surface area contributed by atoms with Crippen molar-refractivity contribution in [2.24, 2.45) is 0 Å². The van der Waals surface area contributed by atoms with Gasteiger partial charge in [-0.2, -0.15) is 0 Å². The first kappa shape index (κ1) is 31.2. The van der Waals surface area contributed by atoms with Crippen molar-refractivity contribution in [1.82, 2.24) is 0 Å². The molecule has 2 radical (unpaired) electrons. The van der Waals surface area contributed by atoms with Crippen LogP contribution in [-0.4, -0.2) is 29.6 Å². The van der Waals surface area contributed by atoms with Gasteiger partial charge >= 0.3 is 17.1 Å². The van der Waals surface area contributed by atoms with E-state index in [4.69, 9.17) is 11.8 Å². The van der Waals surface area contributed by atoms with Crippen LogP contribution in [0, 0.1) is 11.8 Å². The minimum atomic E-state index is 0. The summed E-state index contributed by atoms with van der Waals surface area (Å²) in [4.78, 5) is 0. The van der Waals surface area contributed by atoms with Crippen LogP contribution >= 0.6 is 0 Å². The molecule has 0 aromatic carbocycles. The van der Waals surface area contributed by atoms with Crippen molar-refractivity contribution in [2.45, 2.75) is 0 Å². The number of hydrogen-bond acceptors (Lipinski definition) is 1. The summed E-state index contributed by atoms with van der Waals surface area (Å²) >= 11 is 0. The minimum absolute atomic E-state index is 0.